The van der Waals surface area contributed by atoms with Crippen LogP contribution in [0.15, 0.2) is 36.5 Å². The monoisotopic (exact) mass is 402 g/mol. The molecular formula is C18H23ClN8O. The van der Waals surface area contributed by atoms with Gasteiger partial charge in [0.1, 0.15) is 5.69 Å². The summed E-state index contributed by atoms with van der Waals surface area (Å²) in [6.07, 6.45) is 1.43. The molecule has 1 fully saturated rings. The molecule has 28 heavy (non-hydrogen) atoms. The van der Waals surface area contributed by atoms with Crippen LogP contribution < -0.4 is 26.6 Å². The normalized spacial score (nSPS) is 13.8. The summed E-state index contributed by atoms with van der Waals surface area (Å²) < 4.78 is 1.46. The number of halogens is 1. The van der Waals surface area contributed by atoms with E-state index in [0.29, 0.717) is 11.5 Å². The Bertz CT molecular complexity index is 983. The van der Waals surface area contributed by atoms with Crippen molar-refractivity contribution in [2.45, 2.75) is 0 Å². The number of aromatic nitrogens is 3. The van der Waals surface area contributed by atoms with Crippen LogP contribution in [0.25, 0.3) is 5.65 Å². The number of carbonyl (C=O) groups is 1. The minimum absolute atomic E-state index is 0. The molecule has 0 aliphatic carbocycles. The van der Waals surface area contributed by atoms with Gasteiger partial charge in [0.15, 0.2) is 11.5 Å². The van der Waals surface area contributed by atoms with Gasteiger partial charge in [0, 0.05) is 50.7 Å². The number of fused-ring (bicyclic) bond motifs is 1. The van der Waals surface area contributed by atoms with Gasteiger partial charge in [-0.2, -0.15) is 0 Å². The van der Waals surface area contributed by atoms with Crippen molar-refractivity contribution >= 4 is 46.8 Å². The lowest BCUT2D eigenvalue weighted by atomic mass is 10.2. The summed E-state index contributed by atoms with van der Waals surface area (Å²) in [7, 11) is 1.79. The molecule has 1 aromatic carbocycles. The topological polar surface area (TPSA) is 113 Å². The summed E-state index contributed by atoms with van der Waals surface area (Å²) in [5.41, 5.74) is 9.04. The number of nitrogens with two attached hydrogens (primary N) is 1. The van der Waals surface area contributed by atoms with Crippen molar-refractivity contribution < 1.29 is 4.79 Å². The summed E-state index contributed by atoms with van der Waals surface area (Å²) in [6.45, 7) is 3.93. The van der Waals surface area contributed by atoms with E-state index in [9.17, 15) is 4.79 Å². The number of carbonyl (C=O) groups excluding carboxylic acids is 1. The molecule has 3 heterocycles. The Labute approximate surface area is 168 Å². The standard InChI is InChI=1S/C18H22N8O.ClH/c1-20-14-10-16(24-26-15(17(19)27)11-22-18(14)26)23-12-3-2-4-13(9-12)25-7-5-21-6-8-25;/h2-4,9-11,20-21H,5-8H2,1H3,(H2,19,27)(H,23,24);1H. The lowest BCUT2D eigenvalue weighted by molar-refractivity contribution is 0.0993. The molecule has 5 N–H and O–H groups in total. The Morgan fingerprint density at radius 1 is 1.25 bits per heavy atom. The Morgan fingerprint density at radius 2 is 2.04 bits per heavy atom. The average Bonchev–Trinajstić information content (AvgIpc) is 3.12. The Balaban J connectivity index is 0.00000225. The molecule has 3 aromatic rings. The maximum Gasteiger partial charge on any atom is 0.269 e. The van der Waals surface area contributed by atoms with E-state index in [1.54, 1.807) is 7.05 Å². The van der Waals surface area contributed by atoms with E-state index >= 15 is 0 Å². The second-order valence-corrected chi connectivity index (χ2v) is 6.35. The first-order valence-electron chi connectivity index (χ1n) is 8.85. The van der Waals surface area contributed by atoms with Gasteiger partial charge >= 0.3 is 0 Å². The van der Waals surface area contributed by atoms with Crippen molar-refractivity contribution in [2.75, 3.05) is 48.8 Å². The first kappa shape index (κ1) is 19.7. The number of amides is 1. The van der Waals surface area contributed by atoms with Crippen LogP contribution in [0.3, 0.4) is 0 Å². The maximum absolute atomic E-state index is 11.6. The second-order valence-electron chi connectivity index (χ2n) is 6.35. The lowest BCUT2D eigenvalue weighted by Gasteiger charge is -2.29. The predicted octanol–water partition coefficient (Wildman–Crippen LogP) is 1.44. The van der Waals surface area contributed by atoms with E-state index < -0.39 is 5.91 Å². The number of piperazine rings is 1. The molecule has 0 atom stereocenters. The van der Waals surface area contributed by atoms with E-state index in [0.717, 1.165) is 43.2 Å². The third-order valence-electron chi connectivity index (χ3n) is 4.59. The molecular weight excluding hydrogens is 380 g/mol. The molecule has 1 saturated heterocycles. The second kappa shape index (κ2) is 8.32. The van der Waals surface area contributed by atoms with Crippen LogP contribution in [0, 0.1) is 0 Å². The summed E-state index contributed by atoms with van der Waals surface area (Å²) in [4.78, 5) is 18.2. The van der Waals surface area contributed by atoms with Crippen LogP contribution in [0.1, 0.15) is 10.5 Å². The summed E-state index contributed by atoms with van der Waals surface area (Å²) in [5.74, 6) is 0.0136. The minimum Gasteiger partial charge on any atom is -0.385 e. The summed E-state index contributed by atoms with van der Waals surface area (Å²) >= 11 is 0. The smallest absolute Gasteiger partial charge is 0.269 e. The van der Waals surface area contributed by atoms with E-state index in [1.807, 2.05) is 18.2 Å². The van der Waals surface area contributed by atoms with Gasteiger partial charge < -0.3 is 26.6 Å². The zero-order valence-electron chi connectivity index (χ0n) is 15.5. The third kappa shape index (κ3) is 3.80. The number of hydrogen-bond acceptors (Lipinski definition) is 7. The summed E-state index contributed by atoms with van der Waals surface area (Å²) in [5, 5.41) is 14.2. The van der Waals surface area contributed by atoms with Crippen molar-refractivity contribution in [2.24, 2.45) is 5.73 Å². The number of primary amides is 1. The van der Waals surface area contributed by atoms with Gasteiger partial charge in [-0.05, 0) is 18.2 Å². The molecule has 148 valence electrons. The zero-order chi connectivity index (χ0) is 18.8. The number of rotatable bonds is 5. The molecule has 0 unspecified atom stereocenters. The molecule has 4 rings (SSSR count). The lowest BCUT2D eigenvalue weighted by Crippen LogP contribution is -2.43. The van der Waals surface area contributed by atoms with Gasteiger partial charge in [-0.25, -0.2) is 9.50 Å². The van der Waals surface area contributed by atoms with Crippen LogP contribution in [0.4, 0.5) is 22.9 Å². The Hall–Kier alpha value is -3.04. The van der Waals surface area contributed by atoms with Gasteiger partial charge in [-0.3, -0.25) is 4.79 Å². The highest BCUT2D eigenvalue weighted by molar-refractivity contribution is 5.92. The predicted molar refractivity (Wildman–Crippen MR) is 113 cm³/mol. The molecule has 0 radical (unpaired) electrons. The van der Waals surface area contributed by atoms with Crippen LogP contribution in [0.2, 0.25) is 0 Å². The number of hydrogen-bond donors (Lipinski definition) is 4. The van der Waals surface area contributed by atoms with Crippen molar-refractivity contribution in [3.05, 3.63) is 42.2 Å². The van der Waals surface area contributed by atoms with Gasteiger partial charge in [-0.15, -0.1) is 17.5 Å². The molecule has 0 bridgehead atoms. The number of imidazole rings is 1. The van der Waals surface area contributed by atoms with Crippen LogP contribution >= 0.6 is 12.4 Å². The quantitative estimate of drug-likeness (QED) is 0.510. The van der Waals surface area contributed by atoms with Gasteiger partial charge in [0.05, 0.1) is 11.9 Å². The number of anilines is 4. The van der Waals surface area contributed by atoms with Crippen molar-refractivity contribution in [1.29, 1.82) is 0 Å². The SMILES string of the molecule is CNc1cc(Nc2cccc(N3CCNCC3)c2)nn2c(C(N)=O)cnc12.Cl. The highest BCUT2D eigenvalue weighted by Crippen LogP contribution is 2.25. The third-order valence-corrected chi connectivity index (χ3v) is 4.59. The molecule has 10 heteroatoms. The van der Waals surface area contributed by atoms with Crippen LogP contribution in [-0.4, -0.2) is 53.7 Å². The highest BCUT2D eigenvalue weighted by Gasteiger charge is 2.15. The number of nitrogens with one attached hydrogen (secondary N) is 3. The molecule has 1 amide bonds. The number of nitrogens with zero attached hydrogens (tertiary/aromatic N) is 4. The van der Waals surface area contributed by atoms with Crippen LogP contribution in [0.5, 0.6) is 0 Å². The zero-order valence-corrected chi connectivity index (χ0v) is 16.3. The fourth-order valence-electron chi connectivity index (χ4n) is 3.23. The van der Waals surface area contributed by atoms with Crippen molar-refractivity contribution in [1.82, 2.24) is 19.9 Å². The van der Waals surface area contributed by atoms with Gasteiger partial charge in [0.2, 0.25) is 0 Å². The van der Waals surface area contributed by atoms with Gasteiger partial charge in [-0.1, -0.05) is 6.07 Å². The van der Waals surface area contributed by atoms with E-state index in [-0.39, 0.29) is 18.1 Å². The first-order chi connectivity index (χ1) is 13.2. The first-order valence-corrected chi connectivity index (χ1v) is 8.85. The maximum atomic E-state index is 11.6. The Morgan fingerprint density at radius 3 is 2.75 bits per heavy atom. The van der Waals surface area contributed by atoms with Crippen molar-refractivity contribution in [3.63, 3.8) is 0 Å². The molecule has 1 aliphatic rings. The molecule has 2 aromatic heterocycles. The fraction of sp³-hybridized carbons (Fsp3) is 0.278. The fourth-order valence-corrected chi connectivity index (χ4v) is 3.23. The average molecular weight is 403 g/mol. The molecule has 1 aliphatic heterocycles. The Kier molecular flexibility index (Phi) is 5.86. The van der Waals surface area contributed by atoms with E-state index in [4.69, 9.17) is 5.73 Å². The van der Waals surface area contributed by atoms with E-state index in [2.05, 4.69) is 43.1 Å². The molecule has 0 saturated carbocycles. The molecule has 9 nitrogen and oxygen atoms in total. The highest BCUT2D eigenvalue weighted by atomic mass is 35.5. The van der Waals surface area contributed by atoms with Gasteiger partial charge in [0.25, 0.3) is 5.91 Å². The summed E-state index contributed by atoms with van der Waals surface area (Å²) in [6, 6.07) is 10.1. The van der Waals surface area contributed by atoms with Crippen LogP contribution in [-0.2, 0) is 0 Å². The largest absolute Gasteiger partial charge is 0.385 e. The number of benzene rings is 1. The van der Waals surface area contributed by atoms with Crippen molar-refractivity contribution in [3.8, 4) is 0 Å². The molecule has 0 spiro atoms. The minimum atomic E-state index is -0.574. The van der Waals surface area contributed by atoms with E-state index in [1.165, 1.54) is 10.7 Å².